The van der Waals surface area contributed by atoms with E-state index in [4.69, 9.17) is 4.74 Å². The van der Waals surface area contributed by atoms with Crippen LogP contribution in [0.4, 0.5) is 0 Å². The Morgan fingerprint density at radius 1 is 1.04 bits per heavy atom. The van der Waals surface area contributed by atoms with Crippen LogP contribution >= 0.6 is 27.7 Å². The molecule has 0 saturated carbocycles. The van der Waals surface area contributed by atoms with E-state index in [1.807, 2.05) is 65.5 Å². The maximum Gasteiger partial charge on any atom is 0.167 e. The molecule has 5 nitrogen and oxygen atoms in total. The van der Waals surface area contributed by atoms with Crippen molar-refractivity contribution in [2.75, 3.05) is 12.4 Å². The van der Waals surface area contributed by atoms with Gasteiger partial charge in [0.2, 0.25) is 0 Å². The second-order valence-corrected chi connectivity index (χ2v) is 7.46. The maximum absolute atomic E-state index is 5.78. The van der Waals surface area contributed by atoms with Crippen LogP contribution in [-0.2, 0) is 0 Å². The van der Waals surface area contributed by atoms with Gasteiger partial charge in [0.05, 0.1) is 23.9 Å². The topological polar surface area (TPSA) is 52.8 Å². The molecule has 0 fully saturated rings. The van der Waals surface area contributed by atoms with Gasteiger partial charge in [0.1, 0.15) is 17.1 Å². The number of halogens is 1. The summed E-state index contributed by atoms with van der Waals surface area (Å²) in [5.74, 6) is 1.64. The molecule has 0 spiro atoms. The Morgan fingerprint density at radius 2 is 1.92 bits per heavy atom. The molecule has 2 heterocycles. The van der Waals surface area contributed by atoms with Crippen LogP contribution in [0.1, 0.15) is 0 Å². The largest absolute Gasteiger partial charge is 0.493 e. The molecular weight excluding hydrogens is 412 g/mol. The van der Waals surface area contributed by atoms with Gasteiger partial charge in [-0.1, -0.05) is 40.2 Å². The summed E-state index contributed by atoms with van der Waals surface area (Å²) < 4.78 is 8.62. The highest BCUT2D eigenvalue weighted by atomic mass is 79.9. The van der Waals surface area contributed by atoms with Gasteiger partial charge in [-0.3, -0.25) is 0 Å². The number of nitrogens with zero attached hydrogens (tertiary/aromatic N) is 4. The first kappa shape index (κ1) is 17.1. The first-order valence-electron chi connectivity index (χ1n) is 8.06. The zero-order chi connectivity index (χ0) is 17.8. The molecule has 4 aromatic rings. The molecule has 0 radical (unpaired) electrons. The molecule has 0 aliphatic rings. The number of para-hydroxylation sites is 1. The van der Waals surface area contributed by atoms with E-state index in [2.05, 4.69) is 31.0 Å². The third kappa shape index (κ3) is 3.73. The third-order valence-electron chi connectivity index (χ3n) is 3.72. The van der Waals surface area contributed by atoms with E-state index in [0.29, 0.717) is 6.61 Å². The van der Waals surface area contributed by atoms with Gasteiger partial charge in [-0.2, -0.15) is 5.10 Å². The normalized spacial score (nSPS) is 11.0. The number of ether oxygens (including phenoxy) is 1. The molecule has 0 aliphatic carbocycles. The average Bonchev–Trinajstić information content (AvgIpc) is 3.11. The standard InChI is InChI=1S/C19H15BrN4OS/c20-14-5-4-8-16(11-14)25-9-10-26-19-17-12-23-24(18(17)21-13-22-19)15-6-2-1-3-7-15/h1-8,11-13H,9-10H2. The first-order valence-corrected chi connectivity index (χ1v) is 9.84. The van der Waals surface area contributed by atoms with Crippen molar-refractivity contribution in [3.05, 3.63) is 71.6 Å². The third-order valence-corrected chi connectivity index (χ3v) is 5.18. The number of rotatable bonds is 6. The quantitative estimate of drug-likeness (QED) is 0.253. The van der Waals surface area contributed by atoms with Crippen molar-refractivity contribution in [3.63, 3.8) is 0 Å². The summed E-state index contributed by atoms with van der Waals surface area (Å²) in [6.45, 7) is 0.597. The highest BCUT2D eigenvalue weighted by Crippen LogP contribution is 2.26. The molecule has 130 valence electrons. The second kappa shape index (κ2) is 7.88. The van der Waals surface area contributed by atoms with Crippen molar-refractivity contribution >= 4 is 38.7 Å². The van der Waals surface area contributed by atoms with Gasteiger partial charge in [0, 0.05) is 10.2 Å². The van der Waals surface area contributed by atoms with E-state index in [1.54, 1.807) is 18.1 Å². The average molecular weight is 427 g/mol. The number of hydrogen-bond acceptors (Lipinski definition) is 5. The van der Waals surface area contributed by atoms with E-state index in [0.717, 1.165) is 37.7 Å². The van der Waals surface area contributed by atoms with Gasteiger partial charge in [0.15, 0.2) is 5.65 Å². The highest BCUT2D eigenvalue weighted by molar-refractivity contribution is 9.10. The molecule has 0 aliphatic heterocycles. The van der Waals surface area contributed by atoms with Crippen LogP contribution in [0, 0.1) is 0 Å². The lowest BCUT2D eigenvalue weighted by Crippen LogP contribution is -2.01. The van der Waals surface area contributed by atoms with Crippen LogP contribution in [0.2, 0.25) is 0 Å². The summed E-state index contributed by atoms with van der Waals surface area (Å²) in [6, 6.07) is 17.8. The molecule has 0 bridgehead atoms. The number of aromatic nitrogens is 4. The lowest BCUT2D eigenvalue weighted by atomic mass is 10.3. The first-order chi connectivity index (χ1) is 12.8. The lowest BCUT2D eigenvalue weighted by molar-refractivity contribution is 0.343. The molecule has 0 unspecified atom stereocenters. The van der Waals surface area contributed by atoms with E-state index in [-0.39, 0.29) is 0 Å². The lowest BCUT2D eigenvalue weighted by Gasteiger charge is -2.07. The summed E-state index contributed by atoms with van der Waals surface area (Å²) in [6.07, 6.45) is 3.40. The van der Waals surface area contributed by atoms with Gasteiger partial charge in [-0.05, 0) is 30.3 Å². The predicted molar refractivity (Wildman–Crippen MR) is 107 cm³/mol. The highest BCUT2D eigenvalue weighted by Gasteiger charge is 2.11. The zero-order valence-corrected chi connectivity index (χ0v) is 16.2. The Morgan fingerprint density at radius 3 is 2.77 bits per heavy atom. The van der Waals surface area contributed by atoms with Gasteiger partial charge >= 0.3 is 0 Å². The number of fused-ring (bicyclic) bond motifs is 1. The van der Waals surface area contributed by atoms with Gasteiger partial charge in [0.25, 0.3) is 0 Å². The fraction of sp³-hybridized carbons (Fsp3) is 0.105. The molecule has 26 heavy (non-hydrogen) atoms. The summed E-state index contributed by atoms with van der Waals surface area (Å²) in [4.78, 5) is 8.81. The Balaban J connectivity index is 1.46. The second-order valence-electron chi connectivity index (χ2n) is 5.46. The maximum atomic E-state index is 5.78. The van der Waals surface area contributed by atoms with Crippen molar-refractivity contribution in [2.24, 2.45) is 0 Å². The molecule has 7 heteroatoms. The molecule has 0 amide bonds. The number of benzene rings is 2. The minimum Gasteiger partial charge on any atom is -0.493 e. The van der Waals surface area contributed by atoms with Crippen molar-refractivity contribution in [3.8, 4) is 11.4 Å². The van der Waals surface area contributed by atoms with Crippen LogP contribution in [0.25, 0.3) is 16.7 Å². The Bertz CT molecular complexity index is 1020. The van der Waals surface area contributed by atoms with E-state index < -0.39 is 0 Å². The molecule has 2 aromatic heterocycles. The molecular formula is C19H15BrN4OS. The Labute approximate surface area is 163 Å². The van der Waals surface area contributed by atoms with E-state index in [9.17, 15) is 0 Å². The fourth-order valence-electron chi connectivity index (χ4n) is 2.55. The Hall–Kier alpha value is -2.38. The van der Waals surface area contributed by atoms with E-state index >= 15 is 0 Å². The van der Waals surface area contributed by atoms with Crippen molar-refractivity contribution < 1.29 is 4.74 Å². The fourth-order valence-corrected chi connectivity index (χ4v) is 3.71. The predicted octanol–water partition coefficient (Wildman–Crippen LogP) is 4.75. The molecule has 0 saturated heterocycles. The molecule has 4 rings (SSSR count). The van der Waals surface area contributed by atoms with Crippen LogP contribution in [0.5, 0.6) is 5.75 Å². The van der Waals surface area contributed by atoms with Crippen LogP contribution < -0.4 is 4.74 Å². The van der Waals surface area contributed by atoms with E-state index in [1.165, 1.54) is 0 Å². The molecule has 0 atom stereocenters. The number of thioether (sulfide) groups is 1. The van der Waals surface area contributed by atoms with Gasteiger partial charge in [-0.15, -0.1) is 11.8 Å². The minimum atomic E-state index is 0.597. The summed E-state index contributed by atoms with van der Waals surface area (Å²) in [5, 5.41) is 6.34. The molecule has 0 N–H and O–H groups in total. The van der Waals surface area contributed by atoms with Crippen LogP contribution in [-0.4, -0.2) is 32.1 Å². The number of hydrogen-bond donors (Lipinski definition) is 0. The Kier molecular flexibility index (Phi) is 5.17. The van der Waals surface area contributed by atoms with Crippen molar-refractivity contribution in [2.45, 2.75) is 5.03 Å². The summed E-state index contributed by atoms with van der Waals surface area (Å²) >= 11 is 5.09. The zero-order valence-electron chi connectivity index (χ0n) is 13.7. The van der Waals surface area contributed by atoms with Gasteiger partial charge in [-0.25, -0.2) is 14.6 Å². The summed E-state index contributed by atoms with van der Waals surface area (Å²) in [5.41, 5.74) is 1.79. The molecule has 2 aromatic carbocycles. The van der Waals surface area contributed by atoms with Crippen LogP contribution in [0.3, 0.4) is 0 Å². The van der Waals surface area contributed by atoms with Crippen LogP contribution in [0.15, 0.2) is 76.6 Å². The monoisotopic (exact) mass is 426 g/mol. The summed E-state index contributed by atoms with van der Waals surface area (Å²) in [7, 11) is 0. The smallest absolute Gasteiger partial charge is 0.167 e. The van der Waals surface area contributed by atoms with Crippen molar-refractivity contribution in [1.82, 2.24) is 19.7 Å². The SMILES string of the molecule is Brc1cccc(OCCSc2ncnc3c2cnn3-c2ccccc2)c1. The van der Waals surface area contributed by atoms with Crippen molar-refractivity contribution in [1.29, 1.82) is 0 Å². The minimum absolute atomic E-state index is 0.597. The van der Waals surface area contributed by atoms with Gasteiger partial charge < -0.3 is 4.74 Å².